The highest BCUT2D eigenvalue weighted by Crippen LogP contribution is 2.27. The predicted octanol–water partition coefficient (Wildman–Crippen LogP) is 3.59. The number of hydrogen-bond acceptors (Lipinski definition) is 3. The van der Waals surface area contributed by atoms with Gasteiger partial charge in [-0.05, 0) is 23.6 Å². The van der Waals surface area contributed by atoms with E-state index in [1.54, 1.807) is 6.33 Å². The topological polar surface area (TPSA) is 56.7 Å². The zero-order valence-electron chi connectivity index (χ0n) is 11.6. The van der Waals surface area contributed by atoms with E-state index in [2.05, 4.69) is 39.9 Å². The number of aromatic nitrogens is 3. The fraction of sp³-hybridized carbons (Fsp3) is 0.429. The van der Waals surface area contributed by atoms with Crippen molar-refractivity contribution < 1.29 is 0 Å². The van der Waals surface area contributed by atoms with E-state index >= 15 is 0 Å². The van der Waals surface area contributed by atoms with Crippen LogP contribution in [0.3, 0.4) is 0 Å². The smallest absolute Gasteiger partial charge is 0.138 e. The van der Waals surface area contributed by atoms with Crippen molar-refractivity contribution in [3.8, 4) is 0 Å². The molecule has 0 saturated heterocycles. The molecule has 20 heavy (non-hydrogen) atoms. The lowest BCUT2D eigenvalue weighted by Crippen LogP contribution is -2.18. The van der Waals surface area contributed by atoms with Gasteiger partial charge in [-0.25, -0.2) is 9.67 Å². The lowest BCUT2D eigenvalue weighted by molar-refractivity contribution is 0.459. The maximum Gasteiger partial charge on any atom is 0.138 e. The van der Waals surface area contributed by atoms with Crippen LogP contribution in [0.25, 0.3) is 0 Å². The van der Waals surface area contributed by atoms with Gasteiger partial charge >= 0.3 is 0 Å². The molecular formula is C14H18BrClN4. The van der Waals surface area contributed by atoms with Crippen LogP contribution < -0.4 is 5.73 Å². The van der Waals surface area contributed by atoms with Gasteiger partial charge < -0.3 is 5.73 Å². The Kier molecular flexibility index (Phi) is 5.18. The lowest BCUT2D eigenvalue weighted by atomic mass is 10.0. The highest BCUT2D eigenvalue weighted by Gasteiger charge is 2.15. The predicted molar refractivity (Wildman–Crippen MR) is 84.6 cm³/mol. The first-order valence-corrected chi connectivity index (χ1v) is 7.71. The minimum atomic E-state index is -0.142. The normalized spacial score (nSPS) is 12.9. The summed E-state index contributed by atoms with van der Waals surface area (Å²) >= 11 is 9.45. The van der Waals surface area contributed by atoms with Gasteiger partial charge in [0, 0.05) is 28.5 Å². The van der Waals surface area contributed by atoms with Crippen molar-refractivity contribution >= 4 is 27.5 Å². The molecule has 0 saturated carbocycles. The minimum absolute atomic E-state index is 0.142. The van der Waals surface area contributed by atoms with E-state index in [4.69, 9.17) is 17.3 Å². The van der Waals surface area contributed by atoms with Gasteiger partial charge in [-0.2, -0.15) is 5.10 Å². The third kappa shape index (κ3) is 3.81. The van der Waals surface area contributed by atoms with Gasteiger partial charge in [0.25, 0.3) is 0 Å². The van der Waals surface area contributed by atoms with Crippen LogP contribution in [0.5, 0.6) is 0 Å². The average Bonchev–Trinajstić information content (AvgIpc) is 2.75. The van der Waals surface area contributed by atoms with Gasteiger partial charge in [0.1, 0.15) is 12.2 Å². The molecule has 0 radical (unpaired) electrons. The Hall–Kier alpha value is -0.910. The molecule has 0 aliphatic rings. The van der Waals surface area contributed by atoms with Crippen molar-refractivity contribution in [1.82, 2.24) is 14.8 Å². The molecule has 0 amide bonds. The Morgan fingerprint density at radius 3 is 2.80 bits per heavy atom. The van der Waals surface area contributed by atoms with Crippen LogP contribution in [-0.4, -0.2) is 14.8 Å². The number of nitrogens with two attached hydrogens (primary N) is 1. The SMILES string of the molecule is CC(C)Cn1ncnc1CC(N)c1ccc(Cl)cc1Br. The molecule has 2 N–H and O–H groups in total. The van der Waals surface area contributed by atoms with Crippen LogP contribution in [0.1, 0.15) is 31.3 Å². The molecule has 2 aromatic rings. The number of nitrogens with zero attached hydrogens (tertiary/aromatic N) is 3. The zero-order chi connectivity index (χ0) is 14.7. The van der Waals surface area contributed by atoms with E-state index in [1.165, 1.54) is 0 Å². The molecule has 0 aliphatic heterocycles. The van der Waals surface area contributed by atoms with Crippen molar-refractivity contribution in [2.24, 2.45) is 11.7 Å². The van der Waals surface area contributed by atoms with E-state index < -0.39 is 0 Å². The molecule has 1 atom stereocenters. The number of benzene rings is 1. The summed E-state index contributed by atoms with van der Waals surface area (Å²) in [6.07, 6.45) is 2.23. The summed E-state index contributed by atoms with van der Waals surface area (Å²) in [6, 6.07) is 5.51. The maximum absolute atomic E-state index is 6.28. The summed E-state index contributed by atoms with van der Waals surface area (Å²) in [5, 5.41) is 4.95. The standard InChI is InChI=1S/C14H18BrClN4/c1-9(2)7-20-14(18-8-19-20)6-13(17)11-4-3-10(16)5-12(11)15/h3-5,8-9,13H,6-7,17H2,1-2H3. The summed E-state index contributed by atoms with van der Waals surface area (Å²) in [6.45, 7) is 5.16. The monoisotopic (exact) mass is 356 g/mol. The van der Waals surface area contributed by atoms with Gasteiger partial charge in [-0.3, -0.25) is 0 Å². The molecule has 0 bridgehead atoms. The van der Waals surface area contributed by atoms with Crippen molar-refractivity contribution in [2.45, 2.75) is 32.9 Å². The van der Waals surface area contributed by atoms with Crippen LogP contribution in [0.4, 0.5) is 0 Å². The molecule has 6 heteroatoms. The maximum atomic E-state index is 6.28. The van der Waals surface area contributed by atoms with Crippen molar-refractivity contribution in [2.75, 3.05) is 0 Å². The van der Waals surface area contributed by atoms with Crippen molar-refractivity contribution in [3.63, 3.8) is 0 Å². The van der Waals surface area contributed by atoms with Crippen LogP contribution in [-0.2, 0) is 13.0 Å². The largest absolute Gasteiger partial charge is 0.324 e. The molecule has 1 aromatic carbocycles. The van der Waals surface area contributed by atoms with E-state index in [-0.39, 0.29) is 6.04 Å². The van der Waals surface area contributed by atoms with E-state index in [0.717, 1.165) is 22.4 Å². The molecule has 4 nitrogen and oxygen atoms in total. The summed E-state index contributed by atoms with van der Waals surface area (Å²) in [7, 11) is 0. The molecule has 1 heterocycles. The Morgan fingerprint density at radius 2 is 2.15 bits per heavy atom. The van der Waals surface area contributed by atoms with Gasteiger partial charge in [-0.1, -0.05) is 47.4 Å². The van der Waals surface area contributed by atoms with Gasteiger partial charge in [-0.15, -0.1) is 0 Å². The zero-order valence-corrected chi connectivity index (χ0v) is 13.9. The van der Waals surface area contributed by atoms with Crippen LogP contribution >= 0.6 is 27.5 Å². The first kappa shape index (κ1) is 15.5. The van der Waals surface area contributed by atoms with Crippen LogP contribution in [0.2, 0.25) is 5.02 Å². The fourth-order valence-electron chi connectivity index (χ4n) is 2.05. The van der Waals surface area contributed by atoms with Crippen LogP contribution in [0.15, 0.2) is 29.0 Å². The summed E-state index contributed by atoms with van der Waals surface area (Å²) in [5.74, 6) is 1.43. The first-order valence-electron chi connectivity index (χ1n) is 6.54. The third-order valence-electron chi connectivity index (χ3n) is 3.00. The van der Waals surface area contributed by atoms with E-state index in [0.29, 0.717) is 17.4 Å². The quantitative estimate of drug-likeness (QED) is 0.889. The van der Waals surface area contributed by atoms with Gasteiger partial charge in [0.15, 0.2) is 0 Å². The fourth-order valence-corrected chi connectivity index (χ4v) is 3.03. The summed E-state index contributed by atoms with van der Waals surface area (Å²) in [5.41, 5.74) is 7.30. The first-order chi connectivity index (χ1) is 9.47. The highest BCUT2D eigenvalue weighted by atomic mass is 79.9. The summed E-state index contributed by atoms with van der Waals surface area (Å²) in [4.78, 5) is 4.31. The van der Waals surface area contributed by atoms with Crippen molar-refractivity contribution in [1.29, 1.82) is 0 Å². The second-order valence-electron chi connectivity index (χ2n) is 5.23. The van der Waals surface area contributed by atoms with Crippen molar-refractivity contribution in [3.05, 3.63) is 45.4 Å². The van der Waals surface area contributed by atoms with E-state index in [1.807, 2.05) is 22.9 Å². The Labute approximate surface area is 132 Å². The minimum Gasteiger partial charge on any atom is -0.324 e. The summed E-state index contributed by atoms with van der Waals surface area (Å²) < 4.78 is 2.85. The molecule has 1 unspecified atom stereocenters. The number of hydrogen-bond donors (Lipinski definition) is 1. The Morgan fingerprint density at radius 1 is 1.40 bits per heavy atom. The molecule has 2 rings (SSSR count). The molecular weight excluding hydrogens is 340 g/mol. The Balaban J connectivity index is 2.15. The lowest BCUT2D eigenvalue weighted by Gasteiger charge is -2.15. The van der Waals surface area contributed by atoms with Gasteiger partial charge in [0.2, 0.25) is 0 Å². The third-order valence-corrected chi connectivity index (χ3v) is 3.92. The second-order valence-corrected chi connectivity index (χ2v) is 6.52. The number of rotatable bonds is 5. The number of halogens is 2. The van der Waals surface area contributed by atoms with E-state index in [9.17, 15) is 0 Å². The molecule has 1 aromatic heterocycles. The average molecular weight is 358 g/mol. The van der Waals surface area contributed by atoms with Crippen LogP contribution in [0, 0.1) is 5.92 Å². The Bertz CT molecular complexity index is 582. The molecule has 108 valence electrons. The highest BCUT2D eigenvalue weighted by molar-refractivity contribution is 9.10. The molecule has 0 fully saturated rings. The molecule has 0 aliphatic carbocycles. The second kappa shape index (κ2) is 6.70. The van der Waals surface area contributed by atoms with Gasteiger partial charge in [0.05, 0.1) is 0 Å². The molecule has 0 spiro atoms.